The summed E-state index contributed by atoms with van der Waals surface area (Å²) >= 11 is 0. The van der Waals surface area contributed by atoms with Gasteiger partial charge in [-0.25, -0.2) is 0 Å². The van der Waals surface area contributed by atoms with E-state index in [9.17, 15) is 0 Å². The van der Waals surface area contributed by atoms with Crippen molar-refractivity contribution in [3.8, 4) is 0 Å². The standard InChI is InChI=1S/Ba.7H2O.2H/h;7*1H2;;. The van der Waals surface area contributed by atoms with E-state index >= 15 is 0 Å². The van der Waals surface area contributed by atoms with Crippen LogP contribution in [0.2, 0.25) is 0 Å². The fourth-order valence-corrected chi connectivity index (χ4v) is 0. The van der Waals surface area contributed by atoms with E-state index in [4.69, 9.17) is 0 Å². The molecular weight excluding hydrogens is 249 g/mol. The van der Waals surface area contributed by atoms with E-state index < -0.39 is 0 Å². The predicted molar refractivity (Wildman–Crippen MR) is 33.8 cm³/mol. The third-order valence-corrected chi connectivity index (χ3v) is 0. The number of rotatable bonds is 0. The molecule has 0 aliphatic carbocycles. The Morgan fingerprint density at radius 3 is 0.250 bits per heavy atom. The summed E-state index contributed by atoms with van der Waals surface area (Å²) < 4.78 is 0. The van der Waals surface area contributed by atoms with Gasteiger partial charge in [-0.3, -0.25) is 0 Å². The van der Waals surface area contributed by atoms with Gasteiger partial charge in [-0.1, -0.05) is 0 Å². The average molecular weight is 265 g/mol. The maximum absolute atomic E-state index is 0. The van der Waals surface area contributed by atoms with Crippen LogP contribution >= 0.6 is 0 Å². The van der Waals surface area contributed by atoms with Crippen LogP contribution in [0.3, 0.4) is 0 Å². The zero-order chi connectivity index (χ0) is 0. The Hall–Kier alpha value is 1.29. The molecule has 0 unspecified atom stereocenters. The molecule has 0 spiro atoms. The first-order chi connectivity index (χ1) is 0. The third-order valence-electron chi connectivity index (χ3n) is 0. The van der Waals surface area contributed by atoms with Crippen molar-refractivity contribution in [1.29, 1.82) is 0 Å². The molecule has 0 heterocycles. The van der Waals surface area contributed by atoms with Gasteiger partial charge in [0.05, 0.1) is 0 Å². The fourth-order valence-electron chi connectivity index (χ4n) is 0. The van der Waals surface area contributed by atoms with Crippen LogP contribution in [0.15, 0.2) is 0 Å². The monoisotopic (exact) mass is 266 g/mol. The van der Waals surface area contributed by atoms with Gasteiger partial charge in [-0.2, -0.15) is 0 Å². The van der Waals surface area contributed by atoms with Gasteiger partial charge in [0.15, 0.2) is 0 Å². The average Bonchev–Trinajstić information content (AvgIpc) is 0. The second-order valence-electron chi connectivity index (χ2n) is 0. The molecule has 0 saturated carbocycles. The topological polar surface area (TPSA) is 220 Å². The zero-order valence-corrected chi connectivity index (χ0v) is 3.50. The molecular formula is H16BaO7. The molecule has 60 valence electrons. The molecule has 7 nitrogen and oxygen atoms in total. The Morgan fingerprint density at radius 2 is 0.250 bits per heavy atom. The number of hydrogen-bond acceptors (Lipinski definition) is 0. The first kappa shape index (κ1) is 383. The Kier molecular flexibility index (Phi) is 12700. The Balaban J connectivity index is 0. The van der Waals surface area contributed by atoms with E-state index in [0.717, 1.165) is 0 Å². The minimum absolute atomic E-state index is 0. The quantitative estimate of drug-likeness (QED) is 0.372. The Labute approximate surface area is 86.3 Å². The van der Waals surface area contributed by atoms with Crippen LogP contribution in [0.1, 0.15) is 0 Å². The molecule has 0 bridgehead atoms. The van der Waals surface area contributed by atoms with Crippen molar-refractivity contribution in [2.24, 2.45) is 0 Å². The van der Waals surface area contributed by atoms with Crippen LogP contribution in [-0.2, 0) is 0 Å². The van der Waals surface area contributed by atoms with Crippen LogP contribution < -0.4 is 0 Å². The molecule has 0 amide bonds. The second kappa shape index (κ2) is 264. The van der Waals surface area contributed by atoms with Gasteiger partial charge in [0.1, 0.15) is 0 Å². The van der Waals surface area contributed by atoms with Crippen LogP contribution in [0.4, 0.5) is 0 Å². The molecule has 0 radical (unpaired) electrons. The zero-order valence-electron chi connectivity index (χ0n) is 3.50. The van der Waals surface area contributed by atoms with E-state index in [-0.39, 0.29) is 87.2 Å². The van der Waals surface area contributed by atoms with Crippen LogP contribution in [0, 0.1) is 0 Å². The van der Waals surface area contributed by atoms with E-state index in [2.05, 4.69) is 0 Å². The summed E-state index contributed by atoms with van der Waals surface area (Å²) in [4.78, 5) is 0. The summed E-state index contributed by atoms with van der Waals surface area (Å²) in [6, 6.07) is 0. The van der Waals surface area contributed by atoms with Crippen LogP contribution in [0.25, 0.3) is 0 Å². The van der Waals surface area contributed by atoms with E-state index in [0.29, 0.717) is 0 Å². The summed E-state index contributed by atoms with van der Waals surface area (Å²) in [7, 11) is 0. The van der Waals surface area contributed by atoms with Gasteiger partial charge in [0.25, 0.3) is 0 Å². The first-order valence-corrected chi connectivity index (χ1v) is 0. The summed E-state index contributed by atoms with van der Waals surface area (Å²) in [6.45, 7) is 0. The van der Waals surface area contributed by atoms with E-state index in [1.807, 2.05) is 0 Å². The minimum atomic E-state index is 0. The third kappa shape index (κ3) is 173. The molecule has 0 fully saturated rings. The molecule has 8 heteroatoms. The molecule has 8 heavy (non-hydrogen) atoms. The first-order valence-electron chi connectivity index (χ1n) is 0. The van der Waals surface area contributed by atoms with Crippen molar-refractivity contribution in [2.75, 3.05) is 0 Å². The van der Waals surface area contributed by atoms with Gasteiger partial charge in [-0.05, 0) is 0 Å². The van der Waals surface area contributed by atoms with Gasteiger partial charge in [-0.15, -0.1) is 0 Å². The molecule has 0 aliphatic rings. The SMILES string of the molecule is O.O.O.O.O.O.O.[BaH2]. The normalized spacial score (nSPS) is 0. The molecule has 0 aromatic carbocycles. The molecule has 0 aromatic heterocycles. The van der Waals surface area contributed by atoms with Crippen molar-refractivity contribution >= 4 is 48.9 Å². The Bertz CT molecular complexity index is 4.35. The van der Waals surface area contributed by atoms with Gasteiger partial charge in [0, 0.05) is 0 Å². The van der Waals surface area contributed by atoms with Crippen LogP contribution in [-0.4, -0.2) is 87.2 Å². The summed E-state index contributed by atoms with van der Waals surface area (Å²) in [5.41, 5.74) is 0. The molecule has 0 atom stereocenters. The fraction of sp³-hybridized carbons (Fsp3) is 0. The predicted octanol–water partition coefficient (Wildman–Crippen LogP) is -6.69. The summed E-state index contributed by atoms with van der Waals surface area (Å²) in [6.07, 6.45) is 0. The van der Waals surface area contributed by atoms with Crippen molar-refractivity contribution in [3.63, 3.8) is 0 Å². The van der Waals surface area contributed by atoms with Gasteiger partial charge in [0.2, 0.25) is 0 Å². The molecule has 0 rings (SSSR count). The summed E-state index contributed by atoms with van der Waals surface area (Å²) in [5.74, 6) is 0. The van der Waals surface area contributed by atoms with E-state index in [1.165, 1.54) is 0 Å². The molecule has 14 N–H and O–H groups in total. The van der Waals surface area contributed by atoms with Crippen molar-refractivity contribution < 1.29 is 38.3 Å². The summed E-state index contributed by atoms with van der Waals surface area (Å²) in [5, 5.41) is 0. The molecule has 0 saturated heterocycles. The van der Waals surface area contributed by atoms with Crippen molar-refractivity contribution in [3.05, 3.63) is 0 Å². The van der Waals surface area contributed by atoms with Crippen molar-refractivity contribution in [1.82, 2.24) is 0 Å². The van der Waals surface area contributed by atoms with Crippen molar-refractivity contribution in [2.45, 2.75) is 0 Å². The Morgan fingerprint density at radius 1 is 0.250 bits per heavy atom. The van der Waals surface area contributed by atoms with Gasteiger partial charge >= 0.3 is 48.9 Å². The number of hydrogen-bond donors (Lipinski definition) is 0. The second-order valence-corrected chi connectivity index (χ2v) is 0. The van der Waals surface area contributed by atoms with Gasteiger partial charge < -0.3 is 38.3 Å². The van der Waals surface area contributed by atoms with E-state index in [1.54, 1.807) is 0 Å². The maximum atomic E-state index is 0. The van der Waals surface area contributed by atoms with Crippen LogP contribution in [0.5, 0.6) is 0 Å². The molecule has 0 aliphatic heterocycles. The molecule has 0 aromatic rings.